The number of esters is 1. The van der Waals surface area contributed by atoms with Crippen molar-refractivity contribution in [2.45, 2.75) is 46.0 Å². The molecule has 0 atom stereocenters. The van der Waals surface area contributed by atoms with Gasteiger partial charge in [0.15, 0.2) is 0 Å². The van der Waals surface area contributed by atoms with E-state index in [9.17, 15) is 9.59 Å². The van der Waals surface area contributed by atoms with Gasteiger partial charge in [-0.05, 0) is 35.6 Å². The van der Waals surface area contributed by atoms with Crippen LogP contribution >= 0.6 is 11.3 Å². The summed E-state index contributed by atoms with van der Waals surface area (Å²) in [4.78, 5) is 25.6. The standard InChI is InChI=1S/C24H27NO3S/c1-5-6-15-28-23(27)20-18-9-7-8-10-19(18)29-22(20)25-21(26)16-11-13-17(14-12-16)24(2,3)4/h7-14H,5-6,15H2,1-4H3,(H,25,26). The normalized spacial score (nSPS) is 11.4. The summed E-state index contributed by atoms with van der Waals surface area (Å²) in [6, 6.07) is 15.2. The third-order valence-corrected chi connectivity index (χ3v) is 5.86. The molecule has 0 saturated carbocycles. The Balaban J connectivity index is 1.88. The third-order valence-electron chi connectivity index (χ3n) is 4.77. The molecule has 1 heterocycles. The number of unbranched alkanes of at least 4 members (excludes halogenated alkanes) is 1. The number of benzene rings is 2. The zero-order valence-electron chi connectivity index (χ0n) is 17.4. The van der Waals surface area contributed by atoms with Crippen molar-refractivity contribution in [2.24, 2.45) is 0 Å². The predicted octanol–water partition coefficient (Wildman–Crippen LogP) is 6.41. The first-order chi connectivity index (χ1) is 13.8. The summed E-state index contributed by atoms with van der Waals surface area (Å²) >= 11 is 1.39. The van der Waals surface area contributed by atoms with Crippen molar-refractivity contribution in [3.63, 3.8) is 0 Å². The Labute approximate surface area is 175 Å². The average molecular weight is 410 g/mol. The average Bonchev–Trinajstić information content (AvgIpc) is 3.05. The summed E-state index contributed by atoms with van der Waals surface area (Å²) in [6.45, 7) is 8.83. The lowest BCUT2D eigenvalue weighted by molar-refractivity contribution is 0.0503. The maximum Gasteiger partial charge on any atom is 0.341 e. The second-order valence-electron chi connectivity index (χ2n) is 8.07. The van der Waals surface area contributed by atoms with Crippen molar-refractivity contribution in [1.29, 1.82) is 0 Å². The second-order valence-corrected chi connectivity index (χ2v) is 9.13. The molecule has 0 radical (unpaired) electrons. The minimum absolute atomic E-state index is 0.0237. The largest absolute Gasteiger partial charge is 0.462 e. The number of nitrogens with one attached hydrogen (secondary N) is 1. The summed E-state index contributed by atoms with van der Waals surface area (Å²) in [5.41, 5.74) is 2.17. The molecule has 0 aliphatic heterocycles. The lowest BCUT2D eigenvalue weighted by Crippen LogP contribution is -2.16. The van der Waals surface area contributed by atoms with Gasteiger partial charge >= 0.3 is 5.97 Å². The van der Waals surface area contributed by atoms with E-state index in [1.54, 1.807) is 0 Å². The Hall–Kier alpha value is -2.66. The number of hydrogen-bond donors (Lipinski definition) is 1. The van der Waals surface area contributed by atoms with Gasteiger partial charge in [-0.15, -0.1) is 11.3 Å². The fourth-order valence-electron chi connectivity index (χ4n) is 3.01. The number of carbonyl (C=O) groups is 2. The van der Waals surface area contributed by atoms with E-state index in [0.29, 0.717) is 22.7 Å². The van der Waals surface area contributed by atoms with E-state index < -0.39 is 5.97 Å². The minimum atomic E-state index is -0.394. The number of rotatable bonds is 6. The minimum Gasteiger partial charge on any atom is -0.462 e. The molecule has 152 valence electrons. The molecule has 0 aliphatic rings. The monoisotopic (exact) mass is 409 g/mol. The van der Waals surface area contributed by atoms with Gasteiger partial charge in [0.05, 0.1) is 6.61 Å². The fraction of sp³-hybridized carbons (Fsp3) is 0.333. The van der Waals surface area contributed by atoms with Crippen LogP contribution in [-0.2, 0) is 10.2 Å². The summed E-state index contributed by atoms with van der Waals surface area (Å²) in [6.07, 6.45) is 1.77. The summed E-state index contributed by atoms with van der Waals surface area (Å²) in [5, 5.41) is 4.25. The van der Waals surface area contributed by atoms with Crippen molar-refractivity contribution in [3.8, 4) is 0 Å². The van der Waals surface area contributed by atoms with Crippen LogP contribution in [0.25, 0.3) is 10.1 Å². The SMILES string of the molecule is CCCCOC(=O)c1c(NC(=O)c2ccc(C(C)(C)C)cc2)sc2ccccc12. The topological polar surface area (TPSA) is 55.4 Å². The van der Waals surface area contributed by atoms with E-state index in [-0.39, 0.29) is 11.3 Å². The highest BCUT2D eigenvalue weighted by Gasteiger charge is 2.22. The van der Waals surface area contributed by atoms with Crippen molar-refractivity contribution < 1.29 is 14.3 Å². The first kappa shape index (κ1) is 21.1. The van der Waals surface area contributed by atoms with Crippen LogP contribution in [0.4, 0.5) is 5.00 Å². The number of amides is 1. The van der Waals surface area contributed by atoms with E-state index >= 15 is 0 Å². The van der Waals surface area contributed by atoms with Gasteiger partial charge in [0, 0.05) is 15.6 Å². The zero-order chi connectivity index (χ0) is 21.0. The number of anilines is 1. The maximum absolute atomic E-state index is 12.8. The van der Waals surface area contributed by atoms with Crippen molar-refractivity contribution in [1.82, 2.24) is 0 Å². The number of thiophene rings is 1. The van der Waals surface area contributed by atoms with E-state index in [4.69, 9.17) is 4.74 Å². The van der Waals surface area contributed by atoms with E-state index in [0.717, 1.165) is 28.5 Å². The molecule has 1 N–H and O–H groups in total. The van der Waals surface area contributed by atoms with Crippen molar-refractivity contribution in [2.75, 3.05) is 11.9 Å². The first-order valence-corrected chi connectivity index (χ1v) is 10.7. The fourth-order valence-corrected chi connectivity index (χ4v) is 4.10. The van der Waals surface area contributed by atoms with Crippen LogP contribution in [0.1, 0.15) is 66.8 Å². The highest BCUT2D eigenvalue weighted by Crippen LogP contribution is 2.36. The Bertz CT molecular complexity index is 1010. The Morgan fingerprint density at radius 1 is 1.03 bits per heavy atom. The predicted molar refractivity (Wildman–Crippen MR) is 120 cm³/mol. The molecule has 1 amide bonds. The van der Waals surface area contributed by atoms with Gasteiger partial charge in [-0.3, -0.25) is 4.79 Å². The van der Waals surface area contributed by atoms with Crippen molar-refractivity contribution in [3.05, 3.63) is 65.2 Å². The van der Waals surface area contributed by atoms with Crippen LogP contribution in [0.5, 0.6) is 0 Å². The van der Waals surface area contributed by atoms with E-state index in [1.807, 2.05) is 55.5 Å². The number of hydrogen-bond acceptors (Lipinski definition) is 4. The summed E-state index contributed by atoms with van der Waals surface area (Å²) in [5.74, 6) is -0.631. The first-order valence-electron chi connectivity index (χ1n) is 9.92. The van der Waals surface area contributed by atoms with Gasteiger partial charge in [-0.2, -0.15) is 0 Å². The molecule has 3 rings (SSSR count). The van der Waals surface area contributed by atoms with E-state index in [1.165, 1.54) is 11.3 Å². The zero-order valence-corrected chi connectivity index (χ0v) is 18.2. The van der Waals surface area contributed by atoms with Crippen LogP contribution in [0, 0.1) is 0 Å². The molecule has 0 spiro atoms. The molecule has 0 fully saturated rings. The van der Waals surface area contributed by atoms with E-state index in [2.05, 4.69) is 26.1 Å². The quantitative estimate of drug-likeness (QED) is 0.378. The Morgan fingerprint density at radius 2 is 1.72 bits per heavy atom. The van der Waals surface area contributed by atoms with Crippen molar-refractivity contribution >= 4 is 38.3 Å². The van der Waals surface area contributed by atoms with Gasteiger partial charge < -0.3 is 10.1 Å². The lowest BCUT2D eigenvalue weighted by Gasteiger charge is -2.19. The molecule has 0 aliphatic carbocycles. The van der Waals surface area contributed by atoms with Gasteiger partial charge in [-0.1, -0.05) is 64.4 Å². The molecule has 2 aromatic carbocycles. The van der Waals surface area contributed by atoms with Crippen LogP contribution in [0.15, 0.2) is 48.5 Å². The molecule has 4 nitrogen and oxygen atoms in total. The molecule has 0 bridgehead atoms. The van der Waals surface area contributed by atoms with Crippen LogP contribution < -0.4 is 5.32 Å². The maximum atomic E-state index is 12.8. The molecular formula is C24H27NO3S. The molecule has 0 saturated heterocycles. The van der Waals surface area contributed by atoms with Gasteiger partial charge in [0.1, 0.15) is 10.6 Å². The third kappa shape index (κ3) is 4.85. The molecule has 1 aromatic heterocycles. The van der Waals surface area contributed by atoms with Crippen LogP contribution in [-0.4, -0.2) is 18.5 Å². The molecule has 0 unspecified atom stereocenters. The Morgan fingerprint density at radius 3 is 2.38 bits per heavy atom. The van der Waals surface area contributed by atoms with Gasteiger partial charge in [-0.25, -0.2) is 4.79 Å². The van der Waals surface area contributed by atoms with Gasteiger partial charge in [0.25, 0.3) is 5.91 Å². The molecule has 3 aromatic rings. The van der Waals surface area contributed by atoms with Gasteiger partial charge in [0.2, 0.25) is 0 Å². The Kier molecular flexibility index (Phi) is 6.38. The lowest BCUT2D eigenvalue weighted by atomic mass is 9.87. The molecule has 29 heavy (non-hydrogen) atoms. The summed E-state index contributed by atoms with van der Waals surface area (Å²) in [7, 11) is 0. The van der Waals surface area contributed by atoms with Crippen LogP contribution in [0.2, 0.25) is 0 Å². The molecular weight excluding hydrogens is 382 g/mol. The number of fused-ring (bicyclic) bond motifs is 1. The summed E-state index contributed by atoms with van der Waals surface area (Å²) < 4.78 is 6.37. The second kappa shape index (κ2) is 8.78. The highest BCUT2D eigenvalue weighted by molar-refractivity contribution is 7.23. The molecule has 5 heteroatoms. The number of carbonyl (C=O) groups excluding carboxylic acids is 2. The highest BCUT2D eigenvalue weighted by atomic mass is 32.1. The number of ether oxygens (including phenoxy) is 1. The van der Waals surface area contributed by atoms with Crippen LogP contribution in [0.3, 0.4) is 0 Å². The smallest absolute Gasteiger partial charge is 0.341 e.